The summed E-state index contributed by atoms with van der Waals surface area (Å²) in [6.45, 7) is -1.08. The summed E-state index contributed by atoms with van der Waals surface area (Å²) in [6.07, 6.45) is -4.96. The van der Waals surface area contributed by atoms with Crippen LogP contribution in [-0.2, 0) is 6.67 Å². The maximum Gasteiger partial charge on any atom is 0.573 e. The minimum Gasteiger partial charge on any atom is -0.403 e. The molecule has 0 radical (unpaired) electrons. The van der Waals surface area contributed by atoms with Crippen LogP contribution in [0.15, 0.2) is 6.07 Å². The summed E-state index contributed by atoms with van der Waals surface area (Å²) in [7, 11) is 0. The molecule has 16 heavy (non-hydrogen) atoms. The average molecular weight is 235 g/mol. The van der Waals surface area contributed by atoms with Crippen molar-refractivity contribution in [2.24, 2.45) is 0 Å². The number of rotatable bonds is 2. The first-order chi connectivity index (χ1) is 7.37. The zero-order valence-electron chi connectivity index (χ0n) is 7.68. The van der Waals surface area contributed by atoms with Crippen LogP contribution < -0.4 is 10.5 Å². The number of halogens is 4. The number of ether oxygens (including phenoxy) is 1. The highest BCUT2D eigenvalue weighted by Crippen LogP contribution is 2.28. The summed E-state index contributed by atoms with van der Waals surface area (Å²) in [5, 5.41) is 8.50. The Morgan fingerprint density at radius 3 is 2.56 bits per heavy atom. The number of alkyl halides is 4. The monoisotopic (exact) mass is 235 g/mol. The van der Waals surface area contributed by atoms with Crippen molar-refractivity contribution in [3.8, 4) is 11.8 Å². The summed E-state index contributed by atoms with van der Waals surface area (Å²) in [4.78, 5) is 3.31. The highest BCUT2D eigenvalue weighted by atomic mass is 19.4. The SMILES string of the molecule is N#Cc1nc(CF)c(N)cc1OC(F)(F)F. The second-order valence-electron chi connectivity index (χ2n) is 2.66. The van der Waals surface area contributed by atoms with E-state index in [1.165, 1.54) is 6.07 Å². The molecule has 0 unspecified atom stereocenters. The van der Waals surface area contributed by atoms with Crippen LogP contribution >= 0.6 is 0 Å². The van der Waals surface area contributed by atoms with E-state index in [4.69, 9.17) is 11.0 Å². The van der Waals surface area contributed by atoms with E-state index < -0.39 is 24.5 Å². The smallest absolute Gasteiger partial charge is 0.403 e. The first kappa shape index (κ1) is 12.0. The maximum atomic E-state index is 12.3. The number of nitrogens with two attached hydrogens (primary N) is 1. The molecule has 4 nitrogen and oxygen atoms in total. The zero-order chi connectivity index (χ0) is 12.3. The summed E-state index contributed by atoms with van der Waals surface area (Å²) in [6, 6.07) is 2.08. The van der Waals surface area contributed by atoms with Crippen LogP contribution in [-0.4, -0.2) is 11.3 Å². The molecule has 1 aromatic heterocycles. The Morgan fingerprint density at radius 1 is 1.50 bits per heavy atom. The molecule has 1 aromatic rings. The Labute approximate surface area is 87.3 Å². The number of nitrogens with zero attached hydrogens (tertiary/aromatic N) is 2. The summed E-state index contributed by atoms with van der Waals surface area (Å²) >= 11 is 0. The molecule has 0 aromatic carbocycles. The molecule has 1 rings (SSSR count). The predicted molar refractivity (Wildman–Crippen MR) is 44.9 cm³/mol. The number of nitriles is 1. The second kappa shape index (κ2) is 4.22. The van der Waals surface area contributed by atoms with Gasteiger partial charge >= 0.3 is 6.36 Å². The molecular weight excluding hydrogens is 230 g/mol. The third kappa shape index (κ3) is 2.73. The van der Waals surface area contributed by atoms with Crippen molar-refractivity contribution >= 4 is 5.69 Å². The molecule has 86 valence electrons. The van der Waals surface area contributed by atoms with Crippen LogP contribution in [0.5, 0.6) is 5.75 Å². The topological polar surface area (TPSA) is 71.9 Å². The van der Waals surface area contributed by atoms with E-state index in [1.807, 2.05) is 0 Å². The quantitative estimate of drug-likeness (QED) is 0.794. The van der Waals surface area contributed by atoms with Crippen molar-refractivity contribution in [1.29, 1.82) is 5.26 Å². The van der Waals surface area contributed by atoms with Crippen molar-refractivity contribution in [3.05, 3.63) is 17.5 Å². The van der Waals surface area contributed by atoms with Gasteiger partial charge in [0.1, 0.15) is 12.7 Å². The number of nitrogen functional groups attached to an aromatic ring is 1. The molecule has 0 bridgehead atoms. The molecule has 0 aliphatic rings. The fraction of sp³-hybridized carbons (Fsp3) is 0.250. The van der Waals surface area contributed by atoms with Crippen LogP contribution in [0.3, 0.4) is 0 Å². The minimum atomic E-state index is -4.96. The number of anilines is 1. The first-order valence-electron chi connectivity index (χ1n) is 3.88. The van der Waals surface area contributed by atoms with Gasteiger partial charge in [-0.3, -0.25) is 0 Å². The van der Waals surface area contributed by atoms with E-state index in [9.17, 15) is 17.6 Å². The predicted octanol–water partition coefficient (Wildman–Crippen LogP) is 1.90. The van der Waals surface area contributed by atoms with Crippen LogP contribution in [0.1, 0.15) is 11.4 Å². The molecule has 0 atom stereocenters. The van der Waals surface area contributed by atoms with Crippen LogP contribution in [0.25, 0.3) is 0 Å². The Hall–Kier alpha value is -2.04. The number of aromatic nitrogens is 1. The molecule has 0 aliphatic carbocycles. The van der Waals surface area contributed by atoms with Gasteiger partial charge in [0.05, 0.1) is 11.4 Å². The summed E-state index contributed by atoms with van der Waals surface area (Å²) in [5.74, 6) is -0.843. The van der Waals surface area contributed by atoms with Gasteiger partial charge in [-0.1, -0.05) is 0 Å². The molecule has 1 heterocycles. The van der Waals surface area contributed by atoms with Gasteiger partial charge in [-0.05, 0) is 0 Å². The third-order valence-electron chi connectivity index (χ3n) is 1.56. The zero-order valence-corrected chi connectivity index (χ0v) is 7.68. The molecule has 0 amide bonds. The fourth-order valence-electron chi connectivity index (χ4n) is 0.937. The van der Waals surface area contributed by atoms with E-state index >= 15 is 0 Å². The van der Waals surface area contributed by atoms with Gasteiger partial charge in [-0.15, -0.1) is 13.2 Å². The second-order valence-corrected chi connectivity index (χ2v) is 2.66. The number of hydrogen-bond acceptors (Lipinski definition) is 4. The largest absolute Gasteiger partial charge is 0.573 e. The number of pyridine rings is 1. The molecule has 0 spiro atoms. The molecule has 8 heteroatoms. The molecule has 0 aliphatic heterocycles. The Morgan fingerprint density at radius 2 is 2.12 bits per heavy atom. The lowest BCUT2D eigenvalue weighted by Crippen LogP contribution is -2.18. The van der Waals surface area contributed by atoms with E-state index in [-0.39, 0.29) is 11.4 Å². The lowest BCUT2D eigenvalue weighted by Gasteiger charge is -2.11. The lowest BCUT2D eigenvalue weighted by molar-refractivity contribution is -0.274. The highest BCUT2D eigenvalue weighted by molar-refractivity contribution is 5.52. The highest BCUT2D eigenvalue weighted by Gasteiger charge is 2.33. The Bertz CT molecular complexity index is 438. The summed E-state index contributed by atoms with van der Waals surface area (Å²) < 4.78 is 51.5. The molecule has 0 fully saturated rings. The molecule has 0 saturated heterocycles. The molecule has 0 saturated carbocycles. The molecule has 2 N–H and O–H groups in total. The van der Waals surface area contributed by atoms with Gasteiger partial charge in [0.15, 0.2) is 11.4 Å². The normalized spacial score (nSPS) is 10.9. The summed E-state index contributed by atoms with van der Waals surface area (Å²) in [5.41, 5.74) is 3.94. The van der Waals surface area contributed by atoms with Crippen molar-refractivity contribution in [1.82, 2.24) is 4.98 Å². The van der Waals surface area contributed by atoms with Crippen molar-refractivity contribution in [2.45, 2.75) is 13.0 Å². The van der Waals surface area contributed by atoms with E-state index in [0.717, 1.165) is 0 Å². The van der Waals surface area contributed by atoms with Crippen molar-refractivity contribution in [2.75, 3.05) is 5.73 Å². The van der Waals surface area contributed by atoms with E-state index in [2.05, 4.69) is 9.72 Å². The van der Waals surface area contributed by atoms with Gasteiger partial charge in [-0.2, -0.15) is 5.26 Å². The fourth-order valence-corrected chi connectivity index (χ4v) is 0.937. The van der Waals surface area contributed by atoms with Gasteiger partial charge in [0.25, 0.3) is 0 Å². The van der Waals surface area contributed by atoms with Gasteiger partial charge in [0, 0.05) is 6.07 Å². The van der Waals surface area contributed by atoms with Crippen LogP contribution in [0.4, 0.5) is 23.2 Å². The number of hydrogen-bond donors (Lipinski definition) is 1. The van der Waals surface area contributed by atoms with Gasteiger partial charge in [-0.25, -0.2) is 9.37 Å². The van der Waals surface area contributed by atoms with Gasteiger partial charge < -0.3 is 10.5 Å². The van der Waals surface area contributed by atoms with Crippen molar-refractivity contribution < 1.29 is 22.3 Å². The van der Waals surface area contributed by atoms with E-state index in [0.29, 0.717) is 6.07 Å². The van der Waals surface area contributed by atoms with Gasteiger partial charge in [0.2, 0.25) is 0 Å². The first-order valence-corrected chi connectivity index (χ1v) is 3.88. The maximum absolute atomic E-state index is 12.3. The Balaban J connectivity index is 3.20. The van der Waals surface area contributed by atoms with Crippen LogP contribution in [0, 0.1) is 11.3 Å². The average Bonchev–Trinajstić information content (AvgIpc) is 2.16. The lowest BCUT2D eigenvalue weighted by atomic mass is 10.2. The minimum absolute atomic E-state index is 0.300. The third-order valence-corrected chi connectivity index (χ3v) is 1.56. The standard InChI is InChI=1S/C8H5F4N3O/c9-2-5-4(14)1-7(6(3-13)15-5)16-8(10,11)12/h1H,2,14H2. The molecular formula is C8H5F4N3O. The van der Waals surface area contributed by atoms with Crippen LogP contribution in [0.2, 0.25) is 0 Å². The van der Waals surface area contributed by atoms with E-state index in [1.54, 1.807) is 0 Å². The Kier molecular flexibility index (Phi) is 3.17. The van der Waals surface area contributed by atoms with Crippen molar-refractivity contribution in [3.63, 3.8) is 0 Å².